The Hall–Kier alpha value is -3.35. The van der Waals surface area contributed by atoms with Crippen LogP contribution in [0.5, 0.6) is 0 Å². The third kappa shape index (κ3) is 4.97. The minimum Gasteiger partial charge on any atom is -0.422 e. The minimum absolute atomic E-state index is 0.299. The third-order valence-corrected chi connectivity index (χ3v) is 5.22. The van der Waals surface area contributed by atoms with Gasteiger partial charge in [0, 0.05) is 48.5 Å². The van der Waals surface area contributed by atoms with Gasteiger partial charge in [-0.3, -0.25) is 4.98 Å². The van der Waals surface area contributed by atoms with Gasteiger partial charge in [0.1, 0.15) is 5.58 Å². The maximum absolute atomic E-state index is 12.5. The highest BCUT2D eigenvalue weighted by Gasteiger charge is 2.13. The van der Waals surface area contributed by atoms with E-state index >= 15 is 0 Å². The van der Waals surface area contributed by atoms with Crippen molar-refractivity contribution in [1.82, 2.24) is 15.6 Å². The van der Waals surface area contributed by atoms with Gasteiger partial charge in [-0.05, 0) is 57.0 Å². The van der Waals surface area contributed by atoms with Crippen LogP contribution in [0.3, 0.4) is 0 Å². The molecule has 2 amide bonds. The molecule has 2 aromatic heterocycles. The molecular formula is C23H28N4O3. The van der Waals surface area contributed by atoms with Crippen LogP contribution in [-0.2, 0) is 13.0 Å². The van der Waals surface area contributed by atoms with E-state index in [0.717, 1.165) is 35.4 Å². The standard InChI is InChI=1S/C23H28N4O3/c1-4-27(5-2)18-9-10-19-16(3)20(22(28)30-21(19)14-18)11-13-25-23(29)26-15-17-8-6-7-12-24-17/h6-10,12,14H,4-5,11,13,15H2,1-3H3,(H2,25,26,29). The summed E-state index contributed by atoms with van der Waals surface area (Å²) in [6.07, 6.45) is 2.08. The normalized spacial score (nSPS) is 10.8. The van der Waals surface area contributed by atoms with Crippen LogP contribution in [0.25, 0.3) is 11.0 Å². The largest absolute Gasteiger partial charge is 0.422 e. The van der Waals surface area contributed by atoms with E-state index in [0.29, 0.717) is 30.7 Å². The summed E-state index contributed by atoms with van der Waals surface area (Å²) in [5.74, 6) is 0. The predicted octanol–water partition coefficient (Wildman–Crippen LogP) is 3.38. The molecule has 1 aromatic carbocycles. The van der Waals surface area contributed by atoms with Gasteiger partial charge < -0.3 is 20.0 Å². The molecule has 0 unspecified atom stereocenters. The molecule has 0 bridgehead atoms. The van der Waals surface area contributed by atoms with E-state index in [1.807, 2.05) is 37.3 Å². The molecule has 2 heterocycles. The number of amides is 2. The minimum atomic E-state index is -0.354. The van der Waals surface area contributed by atoms with Crippen molar-refractivity contribution in [2.24, 2.45) is 0 Å². The fourth-order valence-corrected chi connectivity index (χ4v) is 3.49. The molecule has 158 valence electrons. The molecule has 0 fully saturated rings. The number of nitrogens with one attached hydrogen (secondary N) is 2. The monoisotopic (exact) mass is 408 g/mol. The van der Waals surface area contributed by atoms with Crippen molar-refractivity contribution >= 4 is 22.7 Å². The smallest absolute Gasteiger partial charge is 0.339 e. The number of pyridine rings is 1. The van der Waals surface area contributed by atoms with Crippen LogP contribution in [0.15, 0.2) is 51.8 Å². The zero-order chi connectivity index (χ0) is 21.5. The fraction of sp³-hybridized carbons (Fsp3) is 0.348. The van der Waals surface area contributed by atoms with Crippen LogP contribution < -0.4 is 21.2 Å². The summed E-state index contributed by atoms with van der Waals surface area (Å²) >= 11 is 0. The van der Waals surface area contributed by atoms with Crippen LogP contribution in [0.1, 0.15) is 30.7 Å². The number of aryl methyl sites for hydroxylation is 1. The highest BCUT2D eigenvalue weighted by molar-refractivity contribution is 5.84. The first-order chi connectivity index (χ1) is 14.5. The van der Waals surface area contributed by atoms with E-state index in [1.165, 1.54) is 0 Å². The Balaban J connectivity index is 1.65. The molecule has 0 saturated heterocycles. The summed E-state index contributed by atoms with van der Waals surface area (Å²) < 4.78 is 5.60. The number of nitrogens with zero attached hydrogens (tertiary/aromatic N) is 2. The summed E-state index contributed by atoms with van der Waals surface area (Å²) in [5, 5.41) is 6.45. The zero-order valence-corrected chi connectivity index (χ0v) is 17.7. The Labute approximate surface area is 176 Å². The van der Waals surface area contributed by atoms with Gasteiger partial charge >= 0.3 is 11.7 Å². The van der Waals surface area contributed by atoms with Crippen molar-refractivity contribution < 1.29 is 9.21 Å². The lowest BCUT2D eigenvalue weighted by Gasteiger charge is -2.21. The van der Waals surface area contributed by atoms with E-state index < -0.39 is 0 Å². The lowest BCUT2D eigenvalue weighted by atomic mass is 10.0. The summed E-state index contributed by atoms with van der Waals surface area (Å²) in [5.41, 5.74) is 3.53. The van der Waals surface area contributed by atoms with Crippen molar-refractivity contribution in [1.29, 1.82) is 0 Å². The Morgan fingerprint density at radius 1 is 1.13 bits per heavy atom. The second-order valence-electron chi connectivity index (χ2n) is 7.03. The van der Waals surface area contributed by atoms with Gasteiger partial charge in [-0.15, -0.1) is 0 Å². The number of benzene rings is 1. The van der Waals surface area contributed by atoms with Gasteiger partial charge in [0.25, 0.3) is 0 Å². The number of fused-ring (bicyclic) bond motifs is 1. The van der Waals surface area contributed by atoms with Crippen molar-refractivity contribution in [3.63, 3.8) is 0 Å². The molecule has 0 radical (unpaired) electrons. The summed E-state index contributed by atoms with van der Waals surface area (Å²) in [4.78, 5) is 30.9. The number of aromatic nitrogens is 1. The molecule has 7 heteroatoms. The van der Waals surface area contributed by atoms with Crippen molar-refractivity contribution in [2.75, 3.05) is 24.5 Å². The molecule has 0 saturated carbocycles. The van der Waals surface area contributed by atoms with Gasteiger partial charge in [-0.2, -0.15) is 0 Å². The molecule has 2 N–H and O–H groups in total. The molecule has 0 aliphatic carbocycles. The number of rotatable bonds is 8. The second-order valence-corrected chi connectivity index (χ2v) is 7.03. The number of hydrogen-bond donors (Lipinski definition) is 2. The van der Waals surface area contributed by atoms with Crippen LogP contribution in [0.2, 0.25) is 0 Å². The van der Waals surface area contributed by atoms with Crippen LogP contribution >= 0.6 is 0 Å². The summed E-state index contributed by atoms with van der Waals surface area (Å²) in [6, 6.07) is 11.2. The van der Waals surface area contributed by atoms with E-state index in [9.17, 15) is 9.59 Å². The first-order valence-electron chi connectivity index (χ1n) is 10.3. The Morgan fingerprint density at radius 2 is 1.93 bits per heavy atom. The number of urea groups is 1. The first-order valence-corrected chi connectivity index (χ1v) is 10.3. The second kappa shape index (κ2) is 9.91. The highest BCUT2D eigenvalue weighted by Crippen LogP contribution is 2.25. The molecule has 0 aliphatic heterocycles. The van der Waals surface area contributed by atoms with E-state index in [2.05, 4.69) is 40.4 Å². The van der Waals surface area contributed by atoms with E-state index in [1.54, 1.807) is 6.20 Å². The van der Waals surface area contributed by atoms with Gasteiger partial charge in [0.05, 0.1) is 12.2 Å². The maximum Gasteiger partial charge on any atom is 0.339 e. The van der Waals surface area contributed by atoms with E-state index in [4.69, 9.17) is 4.42 Å². The quantitative estimate of drug-likeness (QED) is 0.558. The molecule has 3 aromatic rings. The van der Waals surface area contributed by atoms with Crippen LogP contribution in [0.4, 0.5) is 10.5 Å². The van der Waals surface area contributed by atoms with Crippen LogP contribution in [-0.4, -0.2) is 30.6 Å². The lowest BCUT2D eigenvalue weighted by molar-refractivity contribution is 0.240. The molecular weight excluding hydrogens is 380 g/mol. The van der Waals surface area contributed by atoms with Gasteiger partial charge in [-0.25, -0.2) is 9.59 Å². The number of anilines is 1. The molecule has 30 heavy (non-hydrogen) atoms. The van der Waals surface area contributed by atoms with Gasteiger partial charge in [-0.1, -0.05) is 6.07 Å². The molecule has 3 rings (SSSR count). The number of carbonyl (C=O) groups is 1. The van der Waals surface area contributed by atoms with Gasteiger partial charge in [0.15, 0.2) is 0 Å². The maximum atomic E-state index is 12.5. The first kappa shape index (κ1) is 21.4. The Bertz CT molecular complexity index is 1060. The Morgan fingerprint density at radius 3 is 2.63 bits per heavy atom. The SMILES string of the molecule is CCN(CC)c1ccc2c(C)c(CCNC(=O)NCc3ccccn3)c(=O)oc2c1. The van der Waals surface area contributed by atoms with Crippen molar-refractivity contribution in [3.8, 4) is 0 Å². The molecule has 0 aliphatic rings. The fourth-order valence-electron chi connectivity index (χ4n) is 3.49. The lowest BCUT2D eigenvalue weighted by Crippen LogP contribution is -2.36. The zero-order valence-electron chi connectivity index (χ0n) is 17.7. The number of carbonyl (C=O) groups excluding carboxylic acids is 1. The highest BCUT2D eigenvalue weighted by atomic mass is 16.4. The third-order valence-electron chi connectivity index (χ3n) is 5.22. The number of hydrogen-bond acceptors (Lipinski definition) is 5. The van der Waals surface area contributed by atoms with E-state index in [-0.39, 0.29) is 11.7 Å². The molecule has 7 nitrogen and oxygen atoms in total. The van der Waals surface area contributed by atoms with Crippen molar-refractivity contribution in [3.05, 3.63) is 69.8 Å². The van der Waals surface area contributed by atoms with Crippen LogP contribution in [0, 0.1) is 6.92 Å². The average molecular weight is 409 g/mol. The molecule has 0 atom stereocenters. The van der Waals surface area contributed by atoms with Crippen molar-refractivity contribution in [2.45, 2.75) is 33.7 Å². The topological polar surface area (TPSA) is 87.5 Å². The van der Waals surface area contributed by atoms with Gasteiger partial charge in [0.2, 0.25) is 0 Å². The Kier molecular flexibility index (Phi) is 7.06. The molecule has 0 spiro atoms. The summed E-state index contributed by atoms with van der Waals surface area (Å²) in [7, 11) is 0. The predicted molar refractivity (Wildman–Crippen MR) is 119 cm³/mol. The summed E-state index contributed by atoms with van der Waals surface area (Å²) in [6.45, 7) is 8.57. The average Bonchev–Trinajstić information content (AvgIpc) is 2.76.